The van der Waals surface area contributed by atoms with Gasteiger partial charge in [-0.3, -0.25) is 9.48 Å². The second-order valence-electron chi connectivity index (χ2n) is 5.58. The largest absolute Gasteiger partial charge is 0.339 e. The van der Waals surface area contributed by atoms with E-state index in [4.69, 9.17) is 4.52 Å². The molecule has 1 fully saturated rings. The number of aryl methyl sites for hydroxylation is 2. The summed E-state index contributed by atoms with van der Waals surface area (Å²) in [5.41, 5.74) is 0.641. The highest BCUT2D eigenvalue weighted by atomic mass is 16.5. The van der Waals surface area contributed by atoms with Gasteiger partial charge in [-0.1, -0.05) is 12.1 Å². The smallest absolute Gasteiger partial charge is 0.257 e. The summed E-state index contributed by atoms with van der Waals surface area (Å²) in [6.45, 7) is 6.15. The Morgan fingerprint density at radius 3 is 3.00 bits per heavy atom. The monoisotopic (exact) mass is 303 g/mol. The maximum Gasteiger partial charge on any atom is 0.257 e. The van der Waals surface area contributed by atoms with Gasteiger partial charge >= 0.3 is 0 Å². The molecule has 1 saturated heterocycles. The molecule has 1 atom stereocenters. The summed E-state index contributed by atoms with van der Waals surface area (Å²) in [5, 5.41) is 8.12. The molecule has 7 heteroatoms. The molecule has 1 aliphatic rings. The van der Waals surface area contributed by atoms with Gasteiger partial charge < -0.3 is 9.42 Å². The second kappa shape index (κ2) is 6.29. The van der Waals surface area contributed by atoms with Crippen molar-refractivity contribution in [2.75, 3.05) is 13.1 Å². The maximum absolute atomic E-state index is 12.6. The molecule has 1 amide bonds. The van der Waals surface area contributed by atoms with Gasteiger partial charge in [-0.2, -0.15) is 10.1 Å². The minimum Gasteiger partial charge on any atom is -0.339 e. The Morgan fingerprint density at radius 1 is 1.45 bits per heavy atom. The average Bonchev–Trinajstić information content (AvgIpc) is 3.23. The molecule has 2 aromatic heterocycles. The number of likely N-dealkylation sites (tertiary alicyclic amines) is 1. The summed E-state index contributed by atoms with van der Waals surface area (Å²) in [6.07, 6.45) is 6.12. The van der Waals surface area contributed by atoms with Gasteiger partial charge in [0.15, 0.2) is 5.82 Å². The number of amides is 1. The minimum atomic E-state index is 0.0274. The summed E-state index contributed by atoms with van der Waals surface area (Å²) in [7, 11) is 0. The molecule has 2 aromatic rings. The van der Waals surface area contributed by atoms with Crippen molar-refractivity contribution >= 4 is 5.91 Å². The first kappa shape index (κ1) is 14.7. The van der Waals surface area contributed by atoms with Gasteiger partial charge in [0.2, 0.25) is 5.89 Å². The molecule has 0 spiro atoms. The Labute approximate surface area is 129 Å². The molecule has 3 rings (SSSR count). The molecule has 22 heavy (non-hydrogen) atoms. The predicted molar refractivity (Wildman–Crippen MR) is 79.5 cm³/mol. The molecule has 0 aliphatic carbocycles. The fraction of sp³-hybridized carbons (Fsp3) is 0.600. The van der Waals surface area contributed by atoms with E-state index in [9.17, 15) is 4.79 Å². The van der Waals surface area contributed by atoms with Gasteiger partial charge in [0.1, 0.15) is 0 Å². The van der Waals surface area contributed by atoms with E-state index in [1.54, 1.807) is 17.1 Å². The molecule has 0 N–H and O–H groups in total. The van der Waals surface area contributed by atoms with Gasteiger partial charge in [0.25, 0.3) is 5.91 Å². The number of carbonyl (C=O) groups is 1. The maximum atomic E-state index is 12.6. The van der Waals surface area contributed by atoms with Crippen LogP contribution in [0.15, 0.2) is 16.9 Å². The lowest BCUT2D eigenvalue weighted by atomic mass is 9.97. The fourth-order valence-corrected chi connectivity index (χ4v) is 2.77. The van der Waals surface area contributed by atoms with Crippen LogP contribution in [0.25, 0.3) is 0 Å². The molecular weight excluding hydrogens is 282 g/mol. The standard InChI is InChI=1S/C15H21N5O2/c1-3-13-17-14(22-18-13)11-6-5-7-19(9-11)15(21)12-8-16-20(4-2)10-12/h8,10-11H,3-7,9H2,1-2H3. The Hall–Kier alpha value is -2.18. The number of piperidine rings is 1. The molecule has 1 unspecified atom stereocenters. The van der Waals surface area contributed by atoms with E-state index >= 15 is 0 Å². The van der Waals surface area contributed by atoms with Crippen molar-refractivity contribution in [2.24, 2.45) is 0 Å². The lowest BCUT2D eigenvalue weighted by Crippen LogP contribution is -2.39. The van der Waals surface area contributed by atoms with Crippen molar-refractivity contribution in [1.82, 2.24) is 24.8 Å². The van der Waals surface area contributed by atoms with Crippen LogP contribution in [0.1, 0.15) is 54.7 Å². The zero-order valence-electron chi connectivity index (χ0n) is 13.0. The average molecular weight is 303 g/mol. The predicted octanol–water partition coefficient (Wildman–Crippen LogP) is 1.87. The molecule has 7 nitrogen and oxygen atoms in total. The van der Waals surface area contributed by atoms with Crippen molar-refractivity contribution in [1.29, 1.82) is 0 Å². The highest BCUT2D eigenvalue weighted by Crippen LogP contribution is 2.26. The number of nitrogens with zero attached hydrogens (tertiary/aromatic N) is 5. The molecule has 1 aliphatic heterocycles. The topological polar surface area (TPSA) is 77.0 Å². The molecule has 118 valence electrons. The zero-order chi connectivity index (χ0) is 15.5. The zero-order valence-corrected chi connectivity index (χ0v) is 13.0. The second-order valence-corrected chi connectivity index (χ2v) is 5.58. The number of hydrogen-bond donors (Lipinski definition) is 0. The third-order valence-electron chi connectivity index (χ3n) is 4.06. The van der Waals surface area contributed by atoms with E-state index in [1.165, 1.54) is 0 Å². The number of hydrogen-bond acceptors (Lipinski definition) is 5. The summed E-state index contributed by atoms with van der Waals surface area (Å²) in [4.78, 5) is 18.8. The lowest BCUT2D eigenvalue weighted by Gasteiger charge is -2.30. The molecule has 3 heterocycles. The third-order valence-corrected chi connectivity index (χ3v) is 4.06. The normalized spacial score (nSPS) is 18.6. The first-order valence-electron chi connectivity index (χ1n) is 7.85. The SMILES string of the molecule is CCc1noc(C2CCCN(C(=O)c3cnn(CC)c3)C2)n1. The van der Waals surface area contributed by atoms with Crippen molar-refractivity contribution in [3.63, 3.8) is 0 Å². The van der Waals surface area contributed by atoms with Crippen LogP contribution in [0.4, 0.5) is 0 Å². The summed E-state index contributed by atoms with van der Waals surface area (Å²) < 4.78 is 7.10. The van der Waals surface area contributed by atoms with Gasteiger partial charge in [-0.15, -0.1) is 0 Å². The van der Waals surface area contributed by atoms with Crippen molar-refractivity contribution in [2.45, 2.75) is 45.6 Å². The van der Waals surface area contributed by atoms with Gasteiger partial charge in [0, 0.05) is 32.3 Å². The van der Waals surface area contributed by atoms with Crippen LogP contribution in [0.2, 0.25) is 0 Å². The van der Waals surface area contributed by atoms with Crippen molar-refractivity contribution in [3.8, 4) is 0 Å². The Bertz CT molecular complexity index is 648. The molecule has 0 bridgehead atoms. The van der Waals surface area contributed by atoms with Crippen LogP contribution >= 0.6 is 0 Å². The first-order valence-corrected chi connectivity index (χ1v) is 7.85. The van der Waals surface area contributed by atoms with Crippen LogP contribution in [-0.2, 0) is 13.0 Å². The Balaban J connectivity index is 1.70. The van der Waals surface area contributed by atoms with Crippen molar-refractivity contribution < 1.29 is 9.32 Å². The van der Waals surface area contributed by atoms with Gasteiger partial charge in [0.05, 0.1) is 17.7 Å². The van der Waals surface area contributed by atoms with E-state index in [0.29, 0.717) is 18.0 Å². The Morgan fingerprint density at radius 2 is 2.32 bits per heavy atom. The Kier molecular flexibility index (Phi) is 4.22. The number of aromatic nitrogens is 4. The molecule has 0 saturated carbocycles. The van der Waals surface area contributed by atoms with Crippen LogP contribution in [0.3, 0.4) is 0 Å². The fourth-order valence-electron chi connectivity index (χ4n) is 2.77. The van der Waals surface area contributed by atoms with E-state index in [-0.39, 0.29) is 11.8 Å². The number of rotatable bonds is 4. The van der Waals surface area contributed by atoms with Crippen molar-refractivity contribution in [3.05, 3.63) is 29.7 Å². The van der Waals surface area contributed by atoms with E-state index in [2.05, 4.69) is 15.2 Å². The summed E-state index contributed by atoms with van der Waals surface area (Å²) in [6, 6.07) is 0. The number of carbonyl (C=O) groups excluding carboxylic acids is 1. The van der Waals surface area contributed by atoms with Crippen LogP contribution < -0.4 is 0 Å². The highest BCUT2D eigenvalue weighted by molar-refractivity contribution is 5.93. The van der Waals surface area contributed by atoms with E-state index in [1.807, 2.05) is 18.7 Å². The minimum absolute atomic E-state index is 0.0274. The third kappa shape index (κ3) is 2.88. The van der Waals surface area contributed by atoms with E-state index < -0.39 is 0 Å². The van der Waals surface area contributed by atoms with Crippen LogP contribution in [-0.4, -0.2) is 43.8 Å². The van der Waals surface area contributed by atoms with Gasteiger partial charge in [-0.05, 0) is 19.8 Å². The molecule has 0 aromatic carbocycles. The first-order chi connectivity index (χ1) is 10.7. The summed E-state index contributed by atoms with van der Waals surface area (Å²) >= 11 is 0. The van der Waals surface area contributed by atoms with Gasteiger partial charge in [-0.25, -0.2) is 0 Å². The molecule has 0 radical (unpaired) electrons. The van der Waals surface area contributed by atoms with E-state index in [0.717, 1.165) is 38.2 Å². The van der Waals surface area contributed by atoms with Crippen LogP contribution in [0, 0.1) is 0 Å². The quantitative estimate of drug-likeness (QED) is 0.861. The highest BCUT2D eigenvalue weighted by Gasteiger charge is 2.29. The lowest BCUT2D eigenvalue weighted by molar-refractivity contribution is 0.0695. The van der Waals surface area contributed by atoms with Crippen LogP contribution in [0.5, 0.6) is 0 Å². The molecular formula is C15H21N5O2. The summed E-state index contributed by atoms with van der Waals surface area (Å²) in [5.74, 6) is 1.53.